The van der Waals surface area contributed by atoms with Crippen LogP contribution in [0.3, 0.4) is 0 Å². The molecule has 0 radical (unpaired) electrons. The van der Waals surface area contributed by atoms with Crippen LogP contribution in [0.4, 0.5) is 31.9 Å². The average Bonchev–Trinajstić information content (AvgIpc) is 3.14. The highest BCUT2D eigenvalue weighted by molar-refractivity contribution is 6.01. The average molecular weight is 407 g/mol. The number of rotatable bonds is 5. The molecule has 0 unspecified atom stereocenters. The molecule has 2 aromatic heterocycles. The van der Waals surface area contributed by atoms with Gasteiger partial charge in [0.15, 0.2) is 22.8 Å². The Balaban J connectivity index is 1.71. The van der Waals surface area contributed by atoms with Gasteiger partial charge in [0, 0.05) is 11.4 Å². The van der Waals surface area contributed by atoms with Crippen molar-refractivity contribution in [2.24, 2.45) is 0 Å². The lowest BCUT2D eigenvalue weighted by Gasteiger charge is -2.09. The quantitative estimate of drug-likeness (QED) is 0.435. The summed E-state index contributed by atoms with van der Waals surface area (Å²) in [5.74, 6) is -2.03. The van der Waals surface area contributed by atoms with E-state index in [1.807, 2.05) is 0 Å². The molecular weight excluding hydrogens is 392 g/mol. The zero-order chi connectivity index (χ0) is 21.3. The minimum absolute atomic E-state index is 0.154. The predicted octanol–water partition coefficient (Wildman–Crippen LogP) is 3.70. The fourth-order valence-electron chi connectivity index (χ4n) is 2.76. The van der Waals surface area contributed by atoms with Crippen LogP contribution in [0, 0.1) is 5.82 Å². The van der Waals surface area contributed by atoms with E-state index in [2.05, 4.69) is 32.2 Å². The highest BCUT2D eigenvalue weighted by Gasteiger charge is 2.14. The van der Waals surface area contributed by atoms with Gasteiger partial charge in [0.05, 0.1) is 5.69 Å². The standard InChI is InChI=1S/C20H15F2N7O/c1-11(21)19(30)25-14-3-2-4-15(9-14)29-10-24-16-17(23)27-20(28-18(16)29)26-13-7-5-12(22)6-8-13/h2-10H,1H2,(H,25,30)(H3,23,26,27,28). The zero-order valence-corrected chi connectivity index (χ0v) is 15.4. The highest BCUT2D eigenvalue weighted by atomic mass is 19.1. The fourth-order valence-corrected chi connectivity index (χ4v) is 2.76. The summed E-state index contributed by atoms with van der Waals surface area (Å²) in [5.41, 5.74) is 8.36. The molecule has 4 rings (SSSR count). The highest BCUT2D eigenvalue weighted by Crippen LogP contribution is 2.24. The molecule has 150 valence electrons. The van der Waals surface area contributed by atoms with Gasteiger partial charge < -0.3 is 16.4 Å². The molecule has 4 N–H and O–H groups in total. The van der Waals surface area contributed by atoms with Gasteiger partial charge in [-0.3, -0.25) is 9.36 Å². The number of benzene rings is 2. The third kappa shape index (κ3) is 3.78. The van der Waals surface area contributed by atoms with Crippen molar-refractivity contribution in [3.63, 3.8) is 0 Å². The first-order valence-electron chi connectivity index (χ1n) is 8.70. The van der Waals surface area contributed by atoms with E-state index in [1.165, 1.54) is 18.5 Å². The van der Waals surface area contributed by atoms with Crippen molar-refractivity contribution in [1.29, 1.82) is 0 Å². The zero-order valence-electron chi connectivity index (χ0n) is 15.4. The second-order valence-corrected chi connectivity index (χ2v) is 6.26. The second kappa shape index (κ2) is 7.59. The second-order valence-electron chi connectivity index (χ2n) is 6.26. The number of amides is 1. The third-order valence-electron chi connectivity index (χ3n) is 4.15. The lowest BCUT2D eigenvalue weighted by molar-refractivity contribution is -0.114. The van der Waals surface area contributed by atoms with Gasteiger partial charge in [-0.15, -0.1) is 0 Å². The number of imidazole rings is 1. The van der Waals surface area contributed by atoms with E-state index in [0.717, 1.165) is 0 Å². The summed E-state index contributed by atoms with van der Waals surface area (Å²) in [6.07, 6.45) is 1.51. The van der Waals surface area contributed by atoms with Crippen LogP contribution in [0.2, 0.25) is 0 Å². The number of nitrogens with one attached hydrogen (secondary N) is 2. The predicted molar refractivity (Wildman–Crippen MR) is 110 cm³/mol. The van der Waals surface area contributed by atoms with Gasteiger partial charge in [-0.1, -0.05) is 12.6 Å². The Morgan fingerprint density at radius 1 is 1.10 bits per heavy atom. The summed E-state index contributed by atoms with van der Waals surface area (Å²) in [7, 11) is 0. The summed E-state index contributed by atoms with van der Waals surface area (Å²) in [5, 5.41) is 5.37. The van der Waals surface area contributed by atoms with Crippen molar-refractivity contribution >= 4 is 40.2 Å². The van der Waals surface area contributed by atoms with Gasteiger partial charge in [0.1, 0.15) is 12.1 Å². The molecule has 0 aliphatic rings. The monoisotopic (exact) mass is 407 g/mol. The van der Waals surface area contributed by atoms with E-state index in [4.69, 9.17) is 5.73 Å². The third-order valence-corrected chi connectivity index (χ3v) is 4.15. The van der Waals surface area contributed by atoms with Crippen molar-refractivity contribution < 1.29 is 13.6 Å². The Bertz CT molecular complexity index is 1270. The number of nitrogens with two attached hydrogens (primary N) is 1. The van der Waals surface area contributed by atoms with E-state index < -0.39 is 11.7 Å². The van der Waals surface area contributed by atoms with Crippen molar-refractivity contribution in [3.8, 4) is 5.69 Å². The maximum absolute atomic E-state index is 13.1. The molecule has 8 nitrogen and oxygen atoms in total. The molecular formula is C20H15F2N7O. The van der Waals surface area contributed by atoms with Crippen LogP contribution in [0.1, 0.15) is 0 Å². The van der Waals surface area contributed by atoms with Crippen molar-refractivity contribution in [1.82, 2.24) is 19.5 Å². The maximum atomic E-state index is 13.1. The van der Waals surface area contributed by atoms with E-state index in [1.54, 1.807) is 41.0 Å². The lowest BCUT2D eigenvalue weighted by atomic mass is 10.2. The molecule has 2 aromatic carbocycles. The molecule has 1 amide bonds. The molecule has 30 heavy (non-hydrogen) atoms. The molecule has 0 atom stereocenters. The van der Waals surface area contributed by atoms with Crippen LogP contribution in [0.25, 0.3) is 16.9 Å². The van der Waals surface area contributed by atoms with E-state index in [-0.39, 0.29) is 17.6 Å². The number of aromatic nitrogens is 4. The number of hydrogen-bond donors (Lipinski definition) is 3. The molecule has 10 heteroatoms. The van der Waals surface area contributed by atoms with E-state index in [9.17, 15) is 13.6 Å². The van der Waals surface area contributed by atoms with Gasteiger partial charge >= 0.3 is 0 Å². The Labute approximate surface area is 169 Å². The number of nitrogens with zero attached hydrogens (tertiary/aromatic N) is 4. The number of nitrogen functional groups attached to an aromatic ring is 1. The van der Waals surface area contributed by atoms with Crippen molar-refractivity contribution in [2.45, 2.75) is 0 Å². The Morgan fingerprint density at radius 3 is 2.60 bits per heavy atom. The summed E-state index contributed by atoms with van der Waals surface area (Å²) in [6, 6.07) is 12.4. The van der Waals surface area contributed by atoms with Crippen LogP contribution in [-0.2, 0) is 4.79 Å². The van der Waals surface area contributed by atoms with Crippen molar-refractivity contribution in [3.05, 3.63) is 73.1 Å². The molecule has 4 aromatic rings. The Hall–Kier alpha value is -4.34. The van der Waals surface area contributed by atoms with Crippen LogP contribution >= 0.6 is 0 Å². The number of hydrogen-bond acceptors (Lipinski definition) is 6. The van der Waals surface area contributed by atoms with E-state index >= 15 is 0 Å². The SMILES string of the molecule is C=C(F)C(=O)Nc1cccc(-n2cnc3c(N)nc(Nc4ccc(F)cc4)nc32)c1. The Kier molecular flexibility index (Phi) is 4.80. The Morgan fingerprint density at radius 2 is 1.87 bits per heavy atom. The van der Waals surface area contributed by atoms with Gasteiger partial charge in [0.25, 0.3) is 5.91 Å². The van der Waals surface area contributed by atoms with Crippen LogP contribution in [0.15, 0.2) is 67.3 Å². The first-order chi connectivity index (χ1) is 14.4. The van der Waals surface area contributed by atoms with Crippen LogP contribution in [0.5, 0.6) is 0 Å². The summed E-state index contributed by atoms with van der Waals surface area (Å²) >= 11 is 0. The number of fused-ring (bicyclic) bond motifs is 1. The normalized spacial score (nSPS) is 10.7. The maximum Gasteiger partial charge on any atom is 0.283 e. The summed E-state index contributed by atoms with van der Waals surface area (Å²) in [6.45, 7) is 2.97. The number of carbonyl (C=O) groups is 1. The summed E-state index contributed by atoms with van der Waals surface area (Å²) < 4.78 is 27.7. The number of anilines is 4. The largest absolute Gasteiger partial charge is 0.382 e. The molecule has 0 saturated heterocycles. The lowest BCUT2D eigenvalue weighted by Crippen LogP contribution is -2.11. The van der Waals surface area contributed by atoms with Crippen molar-refractivity contribution in [2.75, 3.05) is 16.4 Å². The molecule has 0 aliphatic carbocycles. The van der Waals surface area contributed by atoms with Crippen LogP contribution < -0.4 is 16.4 Å². The molecule has 0 spiro atoms. The number of halogens is 2. The first-order valence-corrected chi connectivity index (χ1v) is 8.70. The first kappa shape index (κ1) is 19.0. The van der Waals surface area contributed by atoms with Crippen LogP contribution in [-0.4, -0.2) is 25.4 Å². The van der Waals surface area contributed by atoms with Gasteiger partial charge in [-0.05, 0) is 42.5 Å². The smallest absolute Gasteiger partial charge is 0.283 e. The molecule has 0 aliphatic heterocycles. The van der Waals surface area contributed by atoms with Gasteiger partial charge in [-0.25, -0.2) is 13.8 Å². The van der Waals surface area contributed by atoms with Gasteiger partial charge in [-0.2, -0.15) is 9.97 Å². The summed E-state index contributed by atoms with van der Waals surface area (Å²) in [4.78, 5) is 24.4. The molecule has 0 fully saturated rings. The molecule has 0 bridgehead atoms. The minimum Gasteiger partial charge on any atom is -0.382 e. The topological polar surface area (TPSA) is 111 Å². The minimum atomic E-state index is -1.09. The van der Waals surface area contributed by atoms with E-state index in [0.29, 0.717) is 28.2 Å². The fraction of sp³-hybridized carbons (Fsp3) is 0. The molecule has 0 saturated carbocycles. The van der Waals surface area contributed by atoms with Gasteiger partial charge in [0.2, 0.25) is 5.95 Å². The number of carbonyl (C=O) groups excluding carboxylic acids is 1. The molecule has 2 heterocycles.